The Morgan fingerprint density at radius 2 is 2.00 bits per heavy atom. The molecule has 0 aliphatic carbocycles. The predicted molar refractivity (Wildman–Crippen MR) is 138 cm³/mol. The molecule has 5 rings (SSSR count). The molecule has 0 amide bonds. The number of aromatic nitrogens is 3. The lowest BCUT2D eigenvalue weighted by molar-refractivity contribution is -0.138. The van der Waals surface area contributed by atoms with E-state index in [0.717, 1.165) is 22.3 Å². The van der Waals surface area contributed by atoms with Crippen LogP contribution in [0.15, 0.2) is 59.3 Å². The summed E-state index contributed by atoms with van der Waals surface area (Å²) in [5.41, 5.74) is 5.62. The molecule has 2 aromatic heterocycles. The summed E-state index contributed by atoms with van der Waals surface area (Å²) >= 11 is 6.47. The number of rotatable bonds is 7. The van der Waals surface area contributed by atoms with Crippen molar-refractivity contribution in [1.82, 2.24) is 15.1 Å². The summed E-state index contributed by atoms with van der Waals surface area (Å²) in [7, 11) is 1.65. The van der Waals surface area contributed by atoms with E-state index in [2.05, 4.69) is 34.2 Å². The molecule has 2 atom stereocenters. The Balaban J connectivity index is 1.44. The number of β-amino-alcohol motifs (C(OH)–C–C–N with tert-alkyl or cyclic N) is 1. The zero-order chi connectivity index (χ0) is 26.1. The Kier molecular flexibility index (Phi) is 6.92. The van der Waals surface area contributed by atoms with E-state index in [9.17, 15) is 15.0 Å². The minimum absolute atomic E-state index is 0.108. The van der Waals surface area contributed by atoms with Gasteiger partial charge in [-0.1, -0.05) is 47.1 Å². The van der Waals surface area contributed by atoms with Gasteiger partial charge in [-0.25, -0.2) is 9.78 Å². The molecule has 37 heavy (non-hydrogen) atoms. The third kappa shape index (κ3) is 4.93. The molecule has 3 heterocycles. The third-order valence-corrected chi connectivity index (χ3v) is 6.71. The molecule has 0 radical (unpaired) electrons. The highest BCUT2D eigenvalue weighted by Crippen LogP contribution is 2.34. The van der Waals surface area contributed by atoms with E-state index in [0.29, 0.717) is 23.9 Å². The van der Waals surface area contributed by atoms with Crippen molar-refractivity contribution in [1.29, 1.82) is 0 Å². The molecule has 1 saturated heterocycles. The molecule has 1 aliphatic heterocycles. The standard InChI is InChI=1S/C27H25ClN4O5/c1-15-5-3-4-6-20(15)21-8-7-16(9-18(21)14-36-2)26-30-24(31-37-26)17-10-22(28)25(29-12-17)32-13-19(33)11-23(32)27(34)35/h3-10,12,19,23,33H,11,13-14H2,1-2H3,(H,34,35)/t19-,23-/m1/s1. The zero-order valence-electron chi connectivity index (χ0n) is 20.3. The summed E-state index contributed by atoms with van der Waals surface area (Å²) in [6, 6.07) is 14.8. The number of benzene rings is 2. The number of halogens is 1. The SMILES string of the molecule is COCc1cc(-c2nc(-c3cnc(N4C[C@H](O)C[C@@H]4C(=O)O)c(Cl)c3)no2)ccc1-c1ccccc1C. The monoisotopic (exact) mass is 520 g/mol. The summed E-state index contributed by atoms with van der Waals surface area (Å²) in [4.78, 5) is 22.0. The summed E-state index contributed by atoms with van der Waals surface area (Å²) < 4.78 is 11.0. The number of aliphatic hydroxyl groups is 1. The van der Waals surface area contributed by atoms with Crippen LogP contribution in [0.25, 0.3) is 34.0 Å². The summed E-state index contributed by atoms with van der Waals surface area (Å²) in [6.07, 6.45) is 0.854. The van der Waals surface area contributed by atoms with Crippen LogP contribution in [0, 0.1) is 6.92 Å². The first-order chi connectivity index (χ1) is 17.9. The number of methoxy groups -OCH3 is 1. The number of anilines is 1. The predicted octanol–water partition coefficient (Wildman–Crippen LogP) is 4.60. The lowest BCUT2D eigenvalue weighted by Gasteiger charge is -2.23. The van der Waals surface area contributed by atoms with E-state index in [-0.39, 0.29) is 23.8 Å². The number of carbonyl (C=O) groups is 1. The van der Waals surface area contributed by atoms with Crippen LogP contribution in [0.4, 0.5) is 5.82 Å². The van der Waals surface area contributed by atoms with E-state index in [1.54, 1.807) is 13.2 Å². The van der Waals surface area contributed by atoms with Crippen molar-refractivity contribution in [2.24, 2.45) is 0 Å². The van der Waals surface area contributed by atoms with Crippen molar-refractivity contribution >= 4 is 23.4 Å². The Labute approximate surface area is 218 Å². The number of aliphatic hydroxyl groups excluding tert-OH is 1. The second kappa shape index (κ2) is 10.3. The molecule has 0 spiro atoms. The molecule has 1 aliphatic rings. The number of hydrogen-bond donors (Lipinski definition) is 2. The first kappa shape index (κ1) is 24.9. The maximum atomic E-state index is 11.6. The molecule has 2 N–H and O–H groups in total. The zero-order valence-corrected chi connectivity index (χ0v) is 21.0. The van der Waals surface area contributed by atoms with E-state index in [1.807, 2.05) is 30.3 Å². The van der Waals surface area contributed by atoms with Gasteiger partial charge in [0, 0.05) is 37.4 Å². The number of carboxylic acids is 1. The maximum absolute atomic E-state index is 11.6. The normalized spacial score (nSPS) is 17.4. The molecule has 2 aromatic carbocycles. The fourth-order valence-corrected chi connectivity index (χ4v) is 4.92. The van der Waals surface area contributed by atoms with Gasteiger partial charge in [0.1, 0.15) is 11.9 Å². The fraction of sp³-hybridized carbons (Fsp3) is 0.259. The summed E-state index contributed by atoms with van der Waals surface area (Å²) in [5.74, 6) is -0.127. The quantitative estimate of drug-likeness (QED) is 0.360. The Hall–Kier alpha value is -3.79. The highest BCUT2D eigenvalue weighted by molar-refractivity contribution is 6.33. The topological polar surface area (TPSA) is 122 Å². The summed E-state index contributed by atoms with van der Waals surface area (Å²) in [6.45, 7) is 2.63. The van der Waals surface area contributed by atoms with Gasteiger partial charge in [0.2, 0.25) is 5.82 Å². The van der Waals surface area contributed by atoms with E-state index >= 15 is 0 Å². The number of hydrogen-bond acceptors (Lipinski definition) is 8. The second-order valence-corrected chi connectivity index (χ2v) is 9.38. The Morgan fingerprint density at radius 1 is 1.19 bits per heavy atom. The molecule has 190 valence electrons. The van der Waals surface area contributed by atoms with Crippen molar-refractivity contribution in [3.8, 4) is 34.0 Å². The molecule has 9 nitrogen and oxygen atoms in total. The lowest BCUT2D eigenvalue weighted by atomic mass is 9.94. The molecular weight excluding hydrogens is 496 g/mol. The van der Waals surface area contributed by atoms with Gasteiger partial charge in [0.25, 0.3) is 5.89 Å². The average molecular weight is 521 g/mol. The van der Waals surface area contributed by atoms with Gasteiger partial charge in [0.05, 0.1) is 17.7 Å². The number of nitrogens with zero attached hydrogens (tertiary/aromatic N) is 4. The smallest absolute Gasteiger partial charge is 0.326 e. The summed E-state index contributed by atoms with van der Waals surface area (Å²) in [5, 5.41) is 23.8. The average Bonchev–Trinajstić information content (AvgIpc) is 3.52. The van der Waals surface area contributed by atoms with Crippen LogP contribution < -0.4 is 4.90 Å². The highest BCUT2D eigenvalue weighted by atomic mass is 35.5. The van der Waals surface area contributed by atoms with Gasteiger partial charge in [-0.2, -0.15) is 4.98 Å². The number of aryl methyl sites for hydroxylation is 1. The van der Waals surface area contributed by atoms with Crippen molar-refractivity contribution < 1.29 is 24.3 Å². The van der Waals surface area contributed by atoms with Crippen molar-refractivity contribution in [3.63, 3.8) is 0 Å². The van der Waals surface area contributed by atoms with Gasteiger partial charge >= 0.3 is 5.97 Å². The number of ether oxygens (including phenoxy) is 1. The maximum Gasteiger partial charge on any atom is 0.326 e. The Bertz CT molecular complexity index is 1460. The first-order valence-corrected chi connectivity index (χ1v) is 12.1. The number of pyridine rings is 1. The third-order valence-electron chi connectivity index (χ3n) is 6.43. The van der Waals surface area contributed by atoms with Gasteiger partial charge in [-0.15, -0.1) is 0 Å². The van der Waals surface area contributed by atoms with E-state index in [1.165, 1.54) is 16.7 Å². The van der Waals surface area contributed by atoms with Crippen molar-refractivity contribution in [3.05, 3.63) is 70.9 Å². The van der Waals surface area contributed by atoms with Gasteiger partial charge in [-0.05, 0) is 47.4 Å². The number of carboxylic acid groups (broad SMARTS) is 1. The van der Waals surface area contributed by atoms with E-state index in [4.69, 9.17) is 20.9 Å². The van der Waals surface area contributed by atoms with Crippen LogP contribution >= 0.6 is 11.6 Å². The second-order valence-electron chi connectivity index (χ2n) is 8.97. The van der Waals surface area contributed by atoms with E-state index < -0.39 is 18.1 Å². The molecule has 0 bridgehead atoms. The van der Waals surface area contributed by atoms with Crippen molar-refractivity contribution in [2.75, 3.05) is 18.6 Å². The minimum Gasteiger partial charge on any atom is -0.480 e. The molecule has 10 heteroatoms. The largest absolute Gasteiger partial charge is 0.480 e. The van der Waals surface area contributed by atoms with Crippen LogP contribution in [0.5, 0.6) is 0 Å². The van der Waals surface area contributed by atoms with Crippen LogP contribution in [0.1, 0.15) is 17.5 Å². The molecule has 0 saturated carbocycles. The van der Waals surface area contributed by atoms with Crippen LogP contribution in [0.2, 0.25) is 5.02 Å². The fourth-order valence-electron chi connectivity index (χ4n) is 4.64. The number of aliphatic carboxylic acids is 1. The molecule has 1 fully saturated rings. The first-order valence-electron chi connectivity index (χ1n) is 11.7. The highest BCUT2D eigenvalue weighted by Gasteiger charge is 2.37. The molecular formula is C27H25ClN4O5. The van der Waals surface area contributed by atoms with Gasteiger partial charge < -0.3 is 24.4 Å². The van der Waals surface area contributed by atoms with Crippen molar-refractivity contribution in [2.45, 2.75) is 32.1 Å². The Morgan fingerprint density at radius 3 is 2.73 bits per heavy atom. The molecule has 0 unspecified atom stereocenters. The lowest BCUT2D eigenvalue weighted by Crippen LogP contribution is -2.36. The van der Waals surface area contributed by atoms with Crippen LogP contribution in [-0.4, -0.2) is 57.1 Å². The van der Waals surface area contributed by atoms with Gasteiger partial charge in [-0.3, -0.25) is 0 Å². The van der Waals surface area contributed by atoms with Crippen LogP contribution in [-0.2, 0) is 16.1 Å². The van der Waals surface area contributed by atoms with Crippen LogP contribution in [0.3, 0.4) is 0 Å². The molecule has 4 aromatic rings. The van der Waals surface area contributed by atoms with Gasteiger partial charge in [0.15, 0.2) is 0 Å². The minimum atomic E-state index is -1.04.